The lowest BCUT2D eigenvalue weighted by Crippen LogP contribution is -2.17. The Kier molecular flexibility index (Phi) is 5.04. The topological polar surface area (TPSA) is 45.2 Å². The number of amides is 1. The van der Waals surface area contributed by atoms with Gasteiger partial charge in [0.1, 0.15) is 0 Å². The first-order valence-corrected chi connectivity index (χ1v) is 10.2. The highest BCUT2D eigenvalue weighted by molar-refractivity contribution is 9.10. The Morgan fingerprint density at radius 3 is 2.65 bits per heavy atom. The van der Waals surface area contributed by atoms with Gasteiger partial charge in [0.2, 0.25) is 0 Å². The monoisotopic (exact) mass is 427 g/mol. The van der Waals surface area contributed by atoms with Crippen molar-refractivity contribution in [2.24, 2.45) is 0 Å². The van der Waals surface area contributed by atoms with Gasteiger partial charge in [0.05, 0.1) is 5.69 Å². The number of halogens is 1. The summed E-state index contributed by atoms with van der Waals surface area (Å²) in [5.41, 5.74) is 3.37. The summed E-state index contributed by atoms with van der Waals surface area (Å²) in [6.45, 7) is 2.19. The van der Waals surface area contributed by atoms with Crippen molar-refractivity contribution in [2.45, 2.75) is 12.8 Å². The number of thiazole rings is 1. The number of carbonyl (C=O) groups is 1. The van der Waals surface area contributed by atoms with E-state index in [9.17, 15) is 4.79 Å². The van der Waals surface area contributed by atoms with Gasteiger partial charge in [0.15, 0.2) is 5.13 Å². The number of benzene rings is 2. The minimum atomic E-state index is -0.120. The maximum absolute atomic E-state index is 12.4. The molecule has 0 aliphatic carbocycles. The third-order valence-corrected chi connectivity index (χ3v) is 5.82. The van der Waals surface area contributed by atoms with Crippen LogP contribution in [0.4, 0.5) is 10.8 Å². The Hall–Kier alpha value is -2.18. The van der Waals surface area contributed by atoms with E-state index in [0.29, 0.717) is 5.56 Å². The number of hydrogen-bond donors (Lipinski definition) is 1. The second kappa shape index (κ2) is 7.60. The fourth-order valence-electron chi connectivity index (χ4n) is 3.01. The maximum Gasteiger partial charge on any atom is 0.255 e. The lowest BCUT2D eigenvalue weighted by Gasteiger charge is -2.12. The molecule has 1 aliphatic rings. The molecule has 1 fully saturated rings. The van der Waals surface area contributed by atoms with Gasteiger partial charge in [-0.2, -0.15) is 0 Å². The van der Waals surface area contributed by atoms with Gasteiger partial charge in [-0.25, -0.2) is 4.98 Å². The molecule has 1 saturated heterocycles. The van der Waals surface area contributed by atoms with Crippen molar-refractivity contribution >= 4 is 44.0 Å². The predicted molar refractivity (Wildman–Crippen MR) is 111 cm³/mol. The van der Waals surface area contributed by atoms with E-state index in [1.165, 1.54) is 12.8 Å². The fraction of sp³-hybridized carbons (Fsp3) is 0.200. The summed E-state index contributed by atoms with van der Waals surface area (Å²) in [4.78, 5) is 19.5. The zero-order valence-corrected chi connectivity index (χ0v) is 16.5. The molecule has 0 radical (unpaired) electrons. The average molecular weight is 428 g/mol. The highest BCUT2D eigenvalue weighted by Gasteiger charge is 2.16. The number of nitrogens with one attached hydrogen (secondary N) is 1. The zero-order chi connectivity index (χ0) is 17.9. The molecule has 3 aromatic rings. The quantitative estimate of drug-likeness (QED) is 0.603. The summed E-state index contributed by atoms with van der Waals surface area (Å²) in [6, 6.07) is 15.2. The van der Waals surface area contributed by atoms with Crippen LogP contribution < -0.4 is 10.2 Å². The Labute approximate surface area is 165 Å². The number of hydrogen-bond acceptors (Lipinski definition) is 4. The van der Waals surface area contributed by atoms with Crippen LogP contribution in [-0.4, -0.2) is 24.0 Å². The average Bonchev–Trinajstić information content (AvgIpc) is 3.34. The molecule has 4 nitrogen and oxygen atoms in total. The van der Waals surface area contributed by atoms with Crippen LogP contribution in [-0.2, 0) is 0 Å². The summed E-state index contributed by atoms with van der Waals surface area (Å²) < 4.78 is 0.952. The van der Waals surface area contributed by atoms with Crippen LogP contribution in [0, 0.1) is 0 Å². The number of carbonyl (C=O) groups excluding carboxylic acids is 1. The van der Waals surface area contributed by atoms with Crippen molar-refractivity contribution in [2.75, 3.05) is 23.3 Å². The highest BCUT2D eigenvalue weighted by atomic mass is 79.9. The summed E-state index contributed by atoms with van der Waals surface area (Å²) in [5.74, 6) is -0.120. The second-order valence-electron chi connectivity index (χ2n) is 6.25. The van der Waals surface area contributed by atoms with Crippen molar-refractivity contribution < 1.29 is 4.79 Å². The van der Waals surface area contributed by atoms with Gasteiger partial charge in [0, 0.05) is 39.8 Å². The molecular formula is C20H18BrN3OS. The van der Waals surface area contributed by atoms with E-state index in [-0.39, 0.29) is 5.91 Å². The van der Waals surface area contributed by atoms with E-state index in [4.69, 9.17) is 4.98 Å². The molecular weight excluding hydrogens is 410 g/mol. The van der Waals surface area contributed by atoms with E-state index >= 15 is 0 Å². The molecule has 1 N–H and O–H groups in total. The van der Waals surface area contributed by atoms with Crippen molar-refractivity contribution in [1.29, 1.82) is 0 Å². The molecule has 2 aromatic carbocycles. The summed E-state index contributed by atoms with van der Waals surface area (Å²) in [7, 11) is 0. The van der Waals surface area contributed by atoms with Crippen LogP contribution in [0.2, 0.25) is 0 Å². The first-order valence-electron chi connectivity index (χ1n) is 8.57. The highest BCUT2D eigenvalue weighted by Crippen LogP contribution is 2.30. The molecule has 0 saturated carbocycles. The normalized spacial score (nSPS) is 13.8. The van der Waals surface area contributed by atoms with Gasteiger partial charge in [-0.3, -0.25) is 4.79 Å². The van der Waals surface area contributed by atoms with E-state index in [0.717, 1.165) is 39.6 Å². The van der Waals surface area contributed by atoms with E-state index < -0.39 is 0 Å². The Balaban J connectivity index is 1.51. The fourth-order valence-corrected chi connectivity index (χ4v) is 4.16. The van der Waals surface area contributed by atoms with Crippen molar-refractivity contribution in [3.8, 4) is 11.3 Å². The third kappa shape index (κ3) is 3.81. The number of nitrogens with zero attached hydrogens (tertiary/aromatic N) is 2. The molecule has 26 heavy (non-hydrogen) atoms. The summed E-state index contributed by atoms with van der Waals surface area (Å²) in [6.07, 6.45) is 2.49. The number of aromatic nitrogens is 1. The molecule has 132 valence electrons. The van der Waals surface area contributed by atoms with E-state index in [2.05, 4.69) is 31.5 Å². The molecule has 1 aliphatic heterocycles. The lowest BCUT2D eigenvalue weighted by atomic mass is 10.1. The molecule has 1 amide bonds. The van der Waals surface area contributed by atoms with Gasteiger partial charge in [-0.1, -0.05) is 28.1 Å². The third-order valence-electron chi connectivity index (χ3n) is 4.39. The molecule has 1 aromatic heterocycles. The molecule has 4 rings (SSSR count). The van der Waals surface area contributed by atoms with Crippen molar-refractivity contribution in [1.82, 2.24) is 4.98 Å². The van der Waals surface area contributed by atoms with Crippen LogP contribution in [0.5, 0.6) is 0 Å². The number of rotatable bonds is 4. The van der Waals surface area contributed by atoms with Crippen LogP contribution >= 0.6 is 27.3 Å². The molecule has 0 spiro atoms. The first-order chi connectivity index (χ1) is 12.7. The molecule has 0 unspecified atom stereocenters. The lowest BCUT2D eigenvalue weighted by molar-refractivity contribution is 0.102. The summed E-state index contributed by atoms with van der Waals surface area (Å²) >= 11 is 5.06. The standard InChI is InChI=1S/C20H18BrN3OS/c21-16-8-6-14(7-9-16)19(25)22-17-5-3-4-15(12-17)18-13-26-20(23-18)24-10-1-2-11-24/h3-9,12-13H,1-2,10-11H2,(H,22,25). The predicted octanol–water partition coefficient (Wildman–Crippen LogP) is 5.43. The van der Waals surface area contributed by atoms with Crippen molar-refractivity contribution in [3.63, 3.8) is 0 Å². The van der Waals surface area contributed by atoms with E-state index in [1.807, 2.05) is 36.4 Å². The van der Waals surface area contributed by atoms with E-state index in [1.54, 1.807) is 23.5 Å². The maximum atomic E-state index is 12.4. The Morgan fingerprint density at radius 1 is 1.12 bits per heavy atom. The van der Waals surface area contributed by atoms with Gasteiger partial charge < -0.3 is 10.2 Å². The van der Waals surface area contributed by atoms with Crippen LogP contribution in [0.1, 0.15) is 23.2 Å². The van der Waals surface area contributed by atoms with Gasteiger partial charge in [-0.05, 0) is 49.2 Å². The molecule has 0 bridgehead atoms. The second-order valence-corrected chi connectivity index (χ2v) is 8.00. The smallest absolute Gasteiger partial charge is 0.255 e. The minimum absolute atomic E-state index is 0.120. The molecule has 2 heterocycles. The van der Waals surface area contributed by atoms with Crippen LogP contribution in [0.3, 0.4) is 0 Å². The van der Waals surface area contributed by atoms with Crippen LogP contribution in [0.15, 0.2) is 58.4 Å². The minimum Gasteiger partial charge on any atom is -0.348 e. The largest absolute Gasteiger partial charge is 0.348 e. The van der Waals surface area contributed by atoms with Crippen molar-refractivity contribution in [3.05, 3.63) is 63.9 Å². The first kappa shape index (κ1) is 17.2. The zero-order valence-electron chi connectivity index (χ0n) is 14.1. The molecule has 6 heteroatoms. The Morgan fingerprint density at radius 2 is 1.88 bits per heavy atom. The van der Waals surface area contributed by atoms with Gasteiger partial charge in [0.25, 0.3) is 5.91 Å². The van der Waals surface area contributed by atoms with Gasteiger partial charge in [-0.15, -0.1) is 11.3 Å². The van der Waals surface area contributed by atoms with Gasteiger partial charge >= 0.3 is 0 Å². The van der Waals surface area contributed by atoms with Crippen LogP contribution in [0.25, 0.3) is 11.3 Å². The SMILES string of the molecule is O=C(Nc1cccc(-c2csc(N3CCCC3)n2)c1)c1ccc(Br)cc1. The molecule has 0 atom stereocenters. The summed E-state index contributed by atoms with van der Waals surface area (Å²) in [5, 5.41) is 6.13. The number of anilines is 2. The Bertz CT molecular complexity index is 917.